The van der Waals surface area contributed by atoms with Gasteiger partial charge in [-0.05, 0) is 139 Å². The molecule has 0 bridgehead atoms. The van der Waals surface area contributed by atoms with Crippen molar-refractivity contribution in [2.75, 3.05) is 33.0 Å². The van der Waals surface area contributed by atoms with Crippen molar-refractivity contribution in [2.24, 2.45) is 0 Å². The van der Waals surface area contributed by atoms with Crippen molar-refractivity contribution in [1.82, 2.24) is 0 Å². The third-order valence-corrected chi connectivity index (χ3v) is 16.2. The van der Waals surface area contributed by atoms with Crippen LogP contribution in [0.15, 0.2) is 231 Å². The van der Waals surface area contributed by atoms with Gasteiger partial charge in [-0.15, -0.1) is 0 Å². The van der Waals surface area contributed by atoms with Gasteiger partial charge in [-0.2, -0.15) is 0 Å². The lowest BCUT2D eigenvalue weighted by Crippen LogP contribution is -2.30. The van der Waals surface area contributed by atoms with Gasteiger partial charge >= 0.3 is 15.7 Å². The fourth-order valence-electron chi connectivity index (χ4n) is 10.8. The Labute approximate surface area is 523 Å². The summed E-state index contributed by atoms with van der Waals surface area (Å²) >= 11 is 5.90. The molecule has 2 N–H and O–H groups in total. The standard InChI is InChI=1S/C21H14.C20H13NO2.C10H9BO2.C10H6ClNO2.C6H15O3P.C4H8O.BH4.B/c1-2-9-18-14(5-1)11-12-17-13-16-8-3-6-15-7-4-10-19(20(15)16)21(17)18;22-21(23)19-13-5-9-15-8-4-12-18(20(15)19)17-11-3-7-14-6-1-2-10-16(14)17;12-11(13)10-7-3-5-8-4-1-2-6-9(8)10;11-8-5-1-3-7-4-2-6-9(10(7)8)12(13)14;1-4-7-10(8-5-2)9-6-3;1-2-4-5-3-1;;/h1-12H,13H2;1-13H;1-7,12-13H;1-6H;4-6H2,1-3H3;1-4H2;1H4;/q;;;;;;-1;. The number of hydrogen-bond acceptors (Lipinski definition) is 10. The zero-order valence-electron chi connectivity index (χ0n) is 48.6. The smallest absolute Gasteiger partial charge is 0.423 e. The second-order valence-electron chi connectivity index (χ2n) is 19.9. The maximum Gasteiger partial charge on any atom is 0.489 e. The number of nitro benzene ring substituents is 2. The summed E-state index contributed by atoms with van der Waals surface area (Å²) in [6, 6.07) is 75.0. The Balaban J connectivity index is 0.000000157. The van der Waals surface area contributed by atoms with Crippen molar-refractivity contribution in [3.05, 3.63) is 267 Å². The van der Waals surface area contributed by atoms with E-state index in [1.54, 1.807) is 48.5 Å². The molecule has 445 valence electrons. The van der Waals surface area contributed by atoms with Crippen LogP contribution in [-0.4, -0.2) is 76.9 Å². The first-order chi connectivity index (χ1) is 42.0. The van der Waals surface area contributed by atoms with Crippen LogP contribution < -0.4 is 5.46 Å². The number of ether oxygens (including phenoxy) is 1. The summed E-state index contributed by atoms with van der Waals surface area (Å²) in [5.74, 6) is 0. The molecule has 12 aromatic rings. The Morgan fingerprint density at radius 3 is 1.43 bits per heavy atom. The molecule has 0 aromatic heterocycles. The van der Waals surface area contributed by atoms with E-state index in [-0.39, 0.29) is 33.1 Å². The van der Waals surface area contributed by atoms with Crippen LogP contribution in [0.3, 0.4) is 0 Å². The molecule has 1 saturated heterocycles. The summed E-state index contributed by atoms with van der Waals surface area (Å²) in [6.45, 7) is 9.71. The molecule has 3 radical (unpaired) electrons. The Hall–Kier alpha value is -8.33. The maximum absolute atomic E-state index is 11.5. The van der Waals surface area contributed by atoms with E-state index < -0.39 is 20.6 Å². The van der Waals surface area contributed by atoms with Crippen LogP contribution in [0.25, 0.3) is 86.9 Å². The van der Waals surface area contributed by atoms with E-state index >= 15 is 0 Å². The summed E-state index contributed by atoms with van der Waals surface area (Å²) in [6.07, 6.45) is 3.59. The van der Waals surface area contributed by atoms with E-state index in [1.165, 1.54) is 62.7 Å². The summed E-state index contributed by atoms with van der Waals surface area (Å²) in [7, 11) is -2.46. The Morgan fingerprint density at radius 1 is 0.466 bits per heavy atom. The van der Waals surface area contributed by atoms with Crippen molar-refractivity contribution in [3.63, 3.8) is 0 Å². The van der Waals surface area contributed by atoms with Gasteiger partial charge in [0.1, 0.15) is 0 Å². The molecule has 1 aliphatic heterocycles. The number of nitrogens with zero attached hydrogens (tertiary/aromatic N) is 2. The molecular formula is C71H69B3ClN2O10P-. The molecule has 12 nitrogen and oxygen atoms in total. The highest BCUT2D eigenvalue weighted by Gasteiger charge is 2.21. The molecule has 2 aliphatic rings. The zero-order valence-corrected chi connectivity index (χ0v) is 50.3. The second kappa shape index (κ2) is 33.1. The number of hydrogen-bond donors (Lipinski definition) is 2. The van der Waals surface area contributed by atoms with Gasteiger partial charge in [0.15, 0.2) is 0 Å². The first kappa shape index (κ1) is 67.2. The third kappa shape index (κ3) is 16.2. The molecule has 1 fully saturated rings. The predicted molar refractivity (Wildman–Crippen MR) is 372 cm³/mol. The molecule has 1 aliphatic carbocycles. The molecule has 88 heavy (non-hydrogen) atoms. The third-order valence-electron chi connectivity index (χ3n) is 14.5. The number of fused-ring (bicyclic) bond motifs is 8. The lowest BCUT2D eigenvalue weighted by Gasteiger charge is -2.22. The Bertz CT molecular complexity index is 4260. The Morgan fingerprint density at radius 2 is 0.886 bits per heavy atom. The van der Waals surface area contributed by atoms with Crippen LogP contribution in [0, 0.1) is 20.2 Å². The van der Waals surface area contributed by atoms with Gasteiger partial charge in [-0.25, -0.2) is 0 Å². The van der Waals surface area contributed by atoms with Crippen LogP contribution >= 0.6 is 20.2 Å². The van der Waals surface area contributed by atoms with Gasteiger partial charge < -0.3 is 28.4 Å². The van der Waals surface area contributed by atoms with Crippen molar-refractivity contribution in [2.45, 2.75) is 40.0 Å². The average molecular weight is 1210 g/mol. The van der Waals surface area contributed by atoms with Crippen LogP contribution in [-0.2, 0) is 24.7 Å². The largest absolute Gasteiger partial charge is 0.489 e. The number of benzene rings is 12. The van der Waals surface area contributed by atoms with Gasteiger partial charge in [0.25, 0.3) is 11.4 Å². The quantitative estimate of drug-likeness (QED) is 0.0583. The fourth-order valence-corrected chi connectivity index (χ4v) is 11.9. The van der Waals surface area contributed by atoms with Gasteiger partial charge in [0.05, 0.1) is 45.5 Å². The van der Waals surface area contributed by atoms with Gasteiger partial charge in [0.2, 0.25) is 0 Å². The molecule has 0 unspecified atom stereocenters. The summed E-state index contributed by atoms with van der Waals surface area (Å²) in [4.78, 5) is 21.5. The highest BCUT2D eigenvalue weighted by atomic mass is 35.5. The van der Waals surface area contributed by atoms with E-state index in [2.05, 4.69) is 91.0 Å². The first-order valence-electron chi connectivity index (χ1n) is 28.6. The monoisotopic (exact) mass is 1210 g/mol. The average Bonchev–Trinajstić information content (AvgIpc) is 0.907. The van der Waals surface area contributed by atoms with E-state index in [0.29, 0.717) is 41.1 Å². The minimum Gasteiger partial charge on any atom is -0.423 e. The normalized spacial score (nSPS) is 11.6. The molecule has 0 spiro atoms. The predicted octanol–water partition coefficient (Wildman–Crippen LogP) is 16.3. The van der Waals surface area contributed by atoms with Crippen molar-refractivity contribution >= 4 is 126 Å². The fraction of sp³-hybridized carbons (Fsp3) is 0.155. The van der Waals surface area contributed by atoms with E-state index in [9.17, 15) is 20.2 Å². The van der Waals surface area contributed by atoms with Crippen molar-refractivity contribution < 1.29 is 38.2 Å². The summed E-state index contributed by atoms with van der Waals surface area (Å²) in [5, 5.41) is 53.2. The van der Waals surface area contributed by atoms with E-state index in [1.807, 2.05) is 106 Å². The number of rotatable bonds is 10. The topological polar surface area (TPSA) is 164 Å². The highest BCUT2D eigenvalue weighted by molar-refractivity contribution is 7.41. The highest BCUT2D eigenvalue weighted by Crippen LogP contribution is 2.44. The lowest BCUT2D eigenvalue weighted by molar-refractivity contribution is -0.383. The Kier molecular flexibility index (Phi) is 25.3. The molecular weight excluding hydrogens is 1140 g/mol. The number of halogens is 1. The molecule has 0 atom stereocenters. The van der Waals surface area contributed by atoms with Crippen LogP contribution in [0.5, 0.6) is 0 Å². The molecule has 12 aromatic carbocycles. The number of non-ortho nitro benzene ring substituents is 2. The van der Waals surface area contributed by atoms with E-state index in [0.717, 1.165) is 63.1 Å². The van der Waals surface area contributed by atoms with E-state index in [4.69, 9.17) is 40.0 Å². The SMILES string of the molecule is C1CCOC1.CCOP(OCC)OCC.O=[N+]([O-])c1cccc2cccc(-c3cccc4ccccc34)c12.O=[N+]([O-])c1cccc2cccc(Cl)c12.OB(O)c1cccc2ccccc12.[BH4-].[B].c1ccc2c3c(ccc2c1)Cc1cccc2cccc-3c12. The number of nitro groups is 2. The molecule has 1 heterocycles. The second-order valence-corrected chi connectivity index (χ2v) is 21.5. The van der Waals surface area contributed by atoms with Crippen molar-refractivity contribution in [1.29, 1.82) is 0 Å². The molecule has 14 rings (SSSR count). The van der Waals surface area contributed by atoms with Crippen LogP contribution in [0.2, 0.25) is 5.02 Å². The van der Waals surface area contributed by atoms with Gasteiger partial charge in [-0.3, -0.25) is 20.2 Å². The first-order valence-corrected chi connectivity index (χ1v) is 30.1. The van der Waals surface area contributed by atoms with Crippen LogP contribution in [0.4, 0.5) is 11.4 Å². The minimum absolute atomic E-state index is 0. The minimum atomic E-state index is -1.40. The molecule has 0 amide bonds. The van der Waals surface area contributed by atoms with Gasteiger partial charge in [-0.1, -0.05) is 232 Å². The molecule has 17 heteroatoms. The summed E-state index contributed by atoms with van der Waals surface area (Å²) in [5.41, 5.74) is 8.37. The van der Waals surface area contributed by atoms with Gasteiger partial charge in [0, 0.05) is 33.8 Å². The lowest BCUT2D eigenvalue weighted by atomic mass is 9.77. The van der Waals surface area contributed by atoms with Crippen molar-refractivity contribution in [3.8, 4) is 22.3 Å². The van der Waals surface area contributed by atoms with Crippen LogP contribution in [0.1, 0.15) is 44.7 Å². The molecule has 0 saturated carbocycles. The summed E-state index contributed by atoms with van der Waals surface area (Å²) < 4.78 is 20.4. The zero-order chi connectivity index (χ0) is 60.4. The maximum atomic E-state index is 11.5.